The van der Waals surface area contributed by atoms with Crippen LogP contribution in [0, 0.1) is 5.82 Å². The van der Waals surface area contributed by atoms with Crippen LogP contribution >= 0.6 is 0 Å². The van der Waals surface area contributed by atoms with E-state index in [0.717, 1.165) is 36.8 Å². The van der Waals surface area contributed by atoms with Gasteiger partial charge in [0.2, 0.25) is 15.9 Å². The number of benzene rings is 1. The van der Waals surface area contributed by atoms with E-state index in [1.54, 1.807) is 29.1 Å². The zero-order valence-electron chi connectivity index (χ0n) is 21.6. The van der Waals surface area contributed by atoms with Crippen molar-refractivity contribution in [3.63, 3.8) is 0 Å². The van der Waals surface area contributed by atoms with Crippen LogP contribution in [-0.2, 0) is 20.2 Å². The molecule has 3 aliphatic rings. The number of hydrogen-bond donors (Lipinski definition) is 2. The van der Waals surface area contributed by atoms with E-state index in [0.29, 0.717) is 35.4 Å². The molecule has 2 amide bonds. The Labute approximate surface area is 224 Å². The Hall–Kier alpha value is -4.00. The summed E-state index contributed by atoms with van der Waals surface area (Å²) < 4.78 is 42.3. The number of sulfonamides is 1. The van der Waals surface area contributed by atoms with Crippen molar-refractivity contribution in [2.45, 2.75) is 30.7 Å². The molecule has 3 aromatic rings. The lowest BCUT2D eigenvalue weighted by Gasteiger charge is -2.44. The summed E-state index contributed by atoms with van der Waals surface area (Å²) in [4.78, 5) is 37.9. The second-order valence-electron chi connectivity index (χ2n) is 10.6. The van der Waals surface area contributed by atoms with Crippen molar-refractivity contribution in [3.05, 3.63) is 42.0 Å². The van der Waals surface area contributed by atoms with Crippen LogP contribution in [0.5, 0.6) is 0 Å². The van der Waals surface area contributed by atoms with Crippen LogP contribution in [0.15, 0.2) is 30.6 Å². The number of carboxylic acid groups (broad SMARTS) is 1. The lowest BCUT2D eigenvalue weighted by molar-refractivity contribution is -0.125. The van der Waals surface area contributed by atoms with Crippen molar-refractivity contribution >= 4 is 50.1 Å². The molecule has 1 saturated heterocycles. The highest BCUT2D eigenvalue weighted by Gasteiger charge is 2.54. The minimum absolute atomic E-state index is 0.0241. The number of carbonyl (C=O) groups is 2. The molecule has 0 atom stereocenters. The number of rotatable bonds is 5. The van der Waals surface area contributed by atoms with Gasteiger partial charge in [0, 0.05) is 61.5 Å². The van der Waals surface area contributed by atoms with Gasteiger partial charge in [0.25, 0.3) is 0 Å². The van der Waals surface area contributed by atoms with Gasteiger partial charge in [-0.15, -0.1) is 0 Å². The number of nitrogens with zero attached hydrogens (tertiary/aromatic N) is 5. The normalized spacial score (nSPS) is 18.2. The molecular formula is C26H27FN6O5S. The van der Waals surface area contributed by atoms with Crippen molar-refractivity contribution in [1.29, 1.82) is 0 Å². The summed E-state index contributed by atoms with van der Waals surface area (Å²) in [5.41, 5.74) is 2.11. The standard InChI is InChI=1S/C26H27FN6O5S/c1-31(25(35)36)15-12-33(13-15)23-20(30-39(3,37)38)7-14(10-29-23)16-8-17-19(9-18(16)27)28-11-21-22(17)26(5-4-6-26)24(34)32(21)2/h7-11,15,30H,4-6,12-13H2,1-3H3,(H,35,36). The molecule has 1 aromatic carbocycles. The zero-order chi connectivity index (χ0) is 27.9. The minimum Gasteiger partial charge on any atom is -0.465 e. The summed E-state index contributed by atoms with van der Waals surface area (Å²) in [6.07, 6.45) is 5.42. The van der Waals surface area contributed by atoms with Crippen molar-refractivity contribution in [2.75, 3.05) is 48.0 Å². The highest BCUT2D eigenvalue weighted by Crippen LogP contribution is 2.55. The van der Waals surface area contributed by atoms with Gasteiger partial charge >= 0.3 is 6.09 Å². The maximum absolute atomic E-state index is 15.5. The number of nitrogens with one attached hydrogen (secondary N) is 1. The molecule has 6 rings (SSSR count). The van der Waals surface area contributed by atoms with Crippen LogP contribution in [0.25, 0.3) is 22.0 Å². The van der Waals surface area contributed by atoms with E-state index >= 15 is 4.39 Å². The van der Waals surface area contributed by atoms with Crippen molar-refractivity contribution in [2.24, 2.45) is 0 Å². The summed E-state index contributed by atoms with van der Waals surface area (Å²) in [5, 5.41) is 9.91. The molecular weight excluding hydrogens is 527 g/mol. The van der Waals surface area contributed by atoms with Crippen LogP contribution in [0.3, 0.4) is 0 Å². The minimum atomic E-state index is -3.70. The second-order valence-corrected chi connectivity index (χ2v) is 12.3. The summed E-state index contributed by atoms with van der Waals surface area (Å²) in [5.74, 6) is -0.207. The first-order chi connectivity index (χ1) is 18.4. The molecule has 4 heterocycles. The highest BCUT2D eigenvalue weighted by molar-refractivity contribution is 7.92. The number of amides is 2. The van der Waals surface area contributed by atoms with Gasteiger partial charge in [-0.25, -0.2) is 22.6 Å². The van der Waals surface area contributed by atoms with E-state index in [2.05, 4.69) is 14.7 Å². The Balaban J connectivity index is 1.44. The third-order valence-corrected chi connectivity index (χ3v) is 8.77. The first kappa shape index (κ1) is 25.3. The van der Waals surface area contributed by atoms with Crippen molar-refractivity contribution < 1.29 is 27.5 Å². The molecule has 1 aliphatic carbocycles. The summed E-state index contributed by atoms with van der Waals surface area (Å²) in [6.45, 7) is 0.665. The first-order valence-corrected chi connectivity index (χ1v) is 14.4. The smallest absolute Gasteiger partial charge is 0.407 e. The molecule has 0 unspecified atom stereocenters. The number of aromatic nitrogens is 2. The quantitative estimate of drug-likeness (QED) is 0.491. The Morgan fingerprint density at radius 1 is 1.21 bits per heavy atom. The fraction of sp³-hybridized carbons (Fsp3) is 0.385. The molecule has 39 heavy (non-hydrogen) atoms. The molecule has 2 aromatic heterocycles. The molecule has 0 radical (unpaired) electrons. The number of carbonyl (C=O) groups excluding carboxylic acids is 1. The topological polar surface area (TPSA) is 136 Å². The van der Waals surface area contributed by atoms with E-state index in [1.807, 2.05) is 0 Å². The first-order valence-electron chi connectivity index (χ1n) is 12.5. The van der Waals surface area contributed by atoms with Gasteiger partial charge in [-0.3, -0.25) is 14.5 Å². The molecule has 2 aliphatic heterocycles. The summed E-state index contributed by atoms with van der Waals surface area (Å²) >= 11 is 0. The van der Waals surface area contributed by atoms with E-state index in [1.165, 1.54) is 30.3 Å². The van der Waals surface area contributed by atoms with E-state index < -0.39 is 27.3 Å². The largest absolute Gasteiger partial charge is 0.465 e. The number of fused-ring (bicyclic) bond motifs is 4. The fourth-order valence-electron chi connectivity index (χ4n) is 5.87. The fourth-order valence-corrected chi connectivity index (χ4v) is 6.42. The van der Waals surface area contributed by atoms with E-state index in [4.69, 9.17) is 0 Å². The third kappa shape index (κ3) is 3.86. The second kappa shape index (κ2) is 8.50. The number of pyridine rings is 2. The van der Waals surface area contributed by atoms with Gasteiger partial charge < -0.3 is 19.8 Å². The van der Waals surface area contributed by atoms with Crippen LogP contribution in [0.4, 0.5) is 26.4 Å². The Kier molecular flexibility index (Phi) is 5.51. The van der Waals surface area contributed by atoms with Gasteiger partial charge in [0.05, 0.1) is 40.8 Å². The number of hydrogen-bond acceptors (Lipinski definition) is 7. The molecule has 0 bridgehead atoms. The highest BCUT2D eigenvalue weighted by atomic mass is 32.2. The molecule has 1 spiro atoms. The van der Waals surface area contributed by atoms with Crippen molar-refractivity contribution in [1.82, 2.24) is 14.9 Å². The average Bonchev–Trinajstić information content (AvgIpc) is 3.04. The average molecular weight is 555 g/mol. The predicted octanol–water partition coefficient (Wildman–Crippen LogP) is 3.00. The van der Waals surface area contributed by atoms with E-state index in [-0.39, 0.29) is 23.2 Å². The van der Waals surface area contributed by atoms with Gasteiger partial charge in [0.15, 0.2) is 5.82 Å². The summed E-state index contributed by atoms with van der Waals surface area (Å²) in [6, 6.07) is 4.27. The number of likely N-dealkylation sites (N-methyl/N-ethyl adjacent to an activating group) is 2. The van der Waals surface area contributed by atoms with Crippen LogP contribution in [-0.4, -0.2) is 79.9 Å². The van der Waals surface area contributed by atoms with Gasteiger partial charge in [-0.05, 0) is 25.0 Å². The summed E-state index contributed by atoms with van der Waals surface area (Å²) in [7, 11) is -0.499. The molecule has 2 N–H and O–H groups in total. The molecule has 1 saturated carbocycles. The molecule has 2 fully saturated rings. The third-order valence-electron chi connectivity index (χ3n) is 8.18. The van der Waals surface area contributed by atoms with Gasteiger partial charge in [-0.2, -0.15) is 0 Å². The van der Waals surface area contributed by atoms with Crippen LogP contribution in [0.2, 0.25) is 0 Å². The monoisotopic (exact) mass is 554 g/mol. The molecule has 11 nitrogen and oxygen atoms in total. The SMILES string of the molecule is CN1C(=O)C2(CCC2)c2c1cnc1cc(F)c(-c3cnc(N4CC(N(C)C(=O)O)C4)c(NS(C)(=O)=O)c3)cc21. The Morgan fingerprint density at radius 3 is 2.54 bits per heavy atom. The van der Waals surface area contributed by atoms with Gasteiger partial charge in [-0.1, -0.05) is 6.42 Å². The maximum Gasteiger partial charge on any atom is 0.407 e. The lowest BCUT2D eigenvalue weighted by Crippen LogP contribution is -2.60. The predicted molar refractivity (Wildman–Crippen MR) is 144 cm³/mol. The van der Waals surface area contributed by atoms with Crippen LogP contribution < -0.4 is 14.5 Å². The van der Waals surface area contributed by atoms with Crippen LogP contribution in [0.1, 0.15) is 24.8 Å². The van der Waals surface area contributed by atoms with Crippen molar-refractivity contribution in [3.8, 4) is 11.1 Å². The molecule has 13 heteroatoms. The number of anilines is 3. The zero-order valence-corrected chi connectivity index (χ0v) is 22.4. The number of halogens is 1. The lowest BCUT2D eigenvalue weighted by atomic mass is 9.64. The molecule has 204 valence electrons. The Bertz CT molecular complexity index is 1670. The van der Waals surface area contributed by atoms with Gasteiger partial charge in [0.1, 0.15) is 5.82 Å². The van der Waals surface area contributed by atoms with E-state index in [9.17, 15) is 23.1 Å². The Morgan fingerprint density at radius 2 is 1.92 bits per heavy atom. The maximum atomic E-state index is 15.5.